The smallest absolute Gasteiger partial charge is 0.134 e. The molecule has 6 heteroatoms. The third-order valence-corrected chi connectivity index (χ3v) is 5.29. The standard InChI is InChI=1S/C20H26FN5/c1-16-22-19(25-9-3-2-4-10-25)15-20(23-16)26-13-11-24(12-14-26)18-7-5-17(21)6-8-18/h5-8,15H,2-4,9-14H2,1H3. The van der Waals surface area contributed by atoms with Gasteiger partial charge >= 0.3 is 0 Å². The maximum absolute atomic E-state index is 13.1. The number of aryl methyl sites for hydroxylation is 1. The SMILES string of the molecule is Cc1nc(N2CCCCC2)cc(N2CCN(c3ccc(F)cc3)CC2)n1. The Morgan fingerprint density at radius 1 is 0.731 bits per heavy atom. The third kappa shape index (κ3) is 3.74. The maximum atomic E-state index is 13.1. The van der Waals surface area contributed by atoms with E-state index in [1.54, 1.807) is 0 Å². The van der Waals surface area contributed by atoms with Gasteiger partial charge in [-0.15, -0.1) is 0 Å². The van der Waals surface area contributed by atoms with Crippen LogP contribution in [0.4, 0.5) is 21.7 Å². The molecule has 138 valence electrons. The highest BCUT2D eigenvalue weighted by Crippen LogP contribution is 2.24. The summed E-state index contributed by atoms with van der Waals surface area (Å²) >= 11 is 0. The third-order valence-electron chi connectivity index (χ3n) is 5.29. The lowest BCUT2D eigenvalue weighted by molar-refractivity contribution is 0.572. The number of rotatable bonds is 3. The second-order valence-corrected chi connectivity index (χ2v) is 7.13. The summed E-state index contributed by atoms with van der Waals surface area (Å²) in [6.45, 7) is 7.80. The molecule has 1 aromatic heterocycles. The van der Waals surface area contributed by atoms with Crippen molar-refractivity contribution in [3.8, 4) is 0 Å². The van der Waals surface area contributed by atoms with Gasteiger partial charge < -0.3 is 14.7 Å². The normalized spacial score (nSPS) is 18.3. The van der Waals surface area contributed by atoms with Gasteiger partial charge in [-0.05, 0) is 50.5 Å². The number of aromatic nitrogens is 2. The number of hydrogen-bond acceptors (Lipinski definition) is 5. The van der Waals surface area contributed by atoms with Gasteiger partial charge in [0.25, 0.3) is 0 Å². The van der Waals surface area contributed by atoms with E-state index in [-0.39, 0.29) is 5.82 Å². The van der Waals surface area contributed by atoms with Crippen LogP contribution in [0.25, 0.3) is 0 Å². The Labute approximate surface area is 154 Å². The molecule has 0 spiro atoms. The van der Waals surface area contributed by atoms with Gasteiger partial charge in [-0.25, -0.2) is 14.4 Å². The van der Waals surface area contributed by atoms with E-state index in [9.17, 15) is 4.39 Å². The van der Waals surface area contributed by atoms with E-state index in [1.165, 1.54) is 31.4 Å². The summed E-state index contributed by atoms with van der Waals surface area (Å²) < 4.78 is 13.1. The average Bonchev–Trinajstić information content (AvgIpc) is 2.69. The summed E-state index contributed by atoms with van der Waals surface area (Å²) in [6, 6.07) is 8.91. The van der Waals surface area contributed by atoms with Gasteiger partial charge in [0, 0.05) is 51.0 Å². The molecule has 3 heterocycles. The largest absolute Gasteiger partial charge is 0.368 e. The lowest BCUT2D eigenvalue weighted by Crippen LogP contribution is -2.47. The molecule has 0 amide bonds. The van der Waals surface area contributed by atoms with Crippen LogP contribution in [0.1, 0.15) is 25.1 Å². The average molecular weight is 355 g/mol. The molecular formula is C20H26FN5. The fraction of sp³-hybridized carbons (Fsp3) is 0.500. The molecule has 1 aromatic carbocycles. The van der Waals surface area contributed by atoms with E-state index >= 15 is 0 Å². The molecule has 0 unspecified atom stereocenters. The predicted octanol–water partition coefficient (Wildman–Crippen LogP) is 3.24. The molecule has 2 aliphatic rings. The number of hydrogen-bond donors (Lipinski definition) is 0. The number of halogens is 1. The van der Waals surface area contributed by atoms with E-state index in [0.717, 1.165) is 62.4 Å². The van der Waals surface area contributed by atoms with E-state index in [2.05, 4.69) is 30.7 Å². The number of piperidine rings is 1. The second-order valence-electron chi connectivity index (χ2n) is 7.13. The highest BCUT2D eigenvalue weighted by molar-refractivity contribution is 5.53. The fourth-order valence-corrected chi connectivity index (χ4v) is 3.83. The molecular weight excluding hydrogens is 329 g/mol. The summed E-state index contributed by atoms with van der Waals surface area (Å²) in [5.74, 6) is 2.74. The number of benzene rings is 1. The Balaban J connectivity index is 1.45. The van der Waals surface area contributed by atoms with Crippen LogP contribution in [0.3, 0.4) is 0 Å². The molecule has 2 saturated heterocycles. The zero-order valence-corrected chi connectivity index (χ0v) is 15.4. The minimum Gasteiger partial charge on any atom is -0.368 e. The monoisotopic (exact) mass is 355 g/mol. The zero-order valence-electron chi connectivity index (χ0n) is 15.4. The van der Waals surface area contributed by atoms with Crippen molar-refractivity contribution in [3.05, 3.63) is 42.0 Å². The molecule has 26 heavy (non-hydrogen) atoms. The lowest BCUT2D eigenvalue weighted by atomic mass is 10.1. The zero-order chi connectivity index (χ0) is 17.9. The molecule has 2 aromatic rings. The van der Waals surface area contributed by atoms with Crippen molar-refractivity contribution in [2.75, 3.05) is 54.0 Å². The van der Waals surface area contributed by atoms with Gasteiger partial charge in [0.2, 0.25) is 0 Å². The summed E-state index contributed by atoms with van der Waals surface area (Å²) in [5.41, 5.74) is 1.08. The Bertz CT molecular complexity index is 734. The highest BCUT2D eigenvalue weighted by Gasteiger charge is 2.21. The minimum absolute atomic E-state index is 0.186. The van der Waals surface area contributed by atoms with Crippen LogP contribution < -0.4 is 14.7 Å². The van der Waals surface area contributed by atoms with Crippen LogP contribution in [-0.4, -0.2) is 49.2 Å². The van der Waals surface area contributed by atoms with Crippen LogP contribution in [-0.2, 0) is 0 Å². The summed E-state index contributed by atoms with van der Waals surface area (Å²) in [4.78, 5) is 16.4. The molecule has 4 rings (SSSR count). The molecule has 5 nitrogen and oxygen atoms in total. The molecule has 0 N–H and O–H groups in total. The number of nitrogens with zero attached hydrogens (tertiary/aromatic N) is 5. The second kappa shape index (κ2) is 7.48. The van der Waals surface area contributed by atoms with E-state index in [0.29, 0.717) is 0 Å². The van der Waals surface area contributed by atoms with Gasteiger partial charge in [-0.1, -0.05) is 0 Å². The minimum atomic E-state index is -0.186. The lowest BCUT2D eigenvalue weighted by Gasteiger charge is -2.37. The molecule has 0 aliphatic carbocycles. The Morgan fingerprint density at radius 2 is 1.27 bits per heavy atom. The highest BCUT2D eigenvalue weighted by atomic mass is 19.1. The van der Waals surface area contributed by atoms with E-state index in [1.807, 2.05) is 19.1 Å². The quantitative estimate of drug-likeness (QED) is 0.845. The Kier molecular flexibility index (Phi) is 4.91. The first-order chi connectivity index (χ1) is 12.7. The van der Waals surface area contributed by atoms with Crippen LogP contribution >= 0.6 is 0 Å². The van der Waals surface area contributed by atoms with Crippen molar-refractivity contribution < 1.29 is 4.39 Å². The predicted molar refractivity (Wildman–Crippen MR) is 104 cm³/mol. The molecule has 2 fully saturated rings. The molecule has 0 saturated carbocycles. The van der Waals surface area contributed by atoms with Gasteiger partial charge in [0.15, 0.2) is 0 Å². The van der Waals surface area contributed by atoms with Crippen molar-refractivity contribution in [3.63, 3.8) is 0 Å². The number of anilines is 3. The Morgan fingerprint density at radius 3 is 1.88 bits per heavy atom. The topological polar surface area (TPSA) is 35.5 Å². The first kappa shape index (κ1) is 17.1. The van der Waals surface area contributed by atoms with Crippen LogP contribution in [0.2, 0.25) is 0 Å². The number of piperazine rings is 1. The first-order valence-electron chi connectivity index (χ1n) is 9.55. The van der Waals surface area contributed by atoms with E-state index in [4.69, 9.17) is 0 Å². The van der Waals surface area contributed by atoms with Gasteiger partial charge in [0.1, 0.15) is 23.3 Å². The van der Waals surface area contributed by atoms with Gasteiger partial charge in [-0.2, -0.15) is 0 Å². The van der Waals surface area contributed by atoms with Crippen LogP contribution in [0, 0.1) is 12.7 Å². The van der Waals surface area contributed by atoms with Crippen molar-refractivity contribution in [1.29, 1.82) is 0 Å². The van der Waals surface area contributed by atoms with Crippen molar-refractivity contribution >= 4 is 17.3 Å². The molecule has 0 atom stereocenters. The molecule has 2 aliphatic heterocycles. The summed E-state index contributed by atoms with van der Waals surface area (Å²) in [7, 11) is 0. The van der Waals surface area contributed by atoms with Crippen molar-refractivity contribution in [2.45, 2.75) is 26.2 Å². The van der Waals surface area contributed by atoms with Gasteiger partial charge in [-0.3, -0.25) is 0 Å². The van der Waals surface area contributed by atoms with Crippen molar-refractivity contribution in [2.24, 2.45) is 0 Å². The first-order valence-corrected chi connectivity index (χ1v) is 9.55. The van der Waals surface area contributed by atoms with Crippen LogP contribution in [0.5, 0.6) is 0 Å². The fourth-order valence-electron chi connectivity index (χ4n) is 3.83. The maximum Gasteiger partial charge on any atom is 0.134 e. The van der Waals surface area contributed by atoms with E-state index < -0.39 is 0 Å². The summed E-state index contributed by atoms with van der Waals surface area (Å²) in [5, 5.41) is 0. The summed E-state index contributed by atoms with van der Waals surface area (Å²) in [6.07, 6.45) is 3.81. The van der Waals surface area contributed by atoms with Gasteiger partial charge in [0.05, 0.1) is 0 Å². The Hall–Kier alpha value is -2.37. The molecule has 0 bridgehead atoms. The van der Waals surface area contributed by atoms with Crippen LogP contribution in [0.15, 0.2) is 30.3 Å². The van der Waals surface area contributed by atoms with Crippen molar-refractivity contribution in [1.82, 2.24) is 9.97 Å². The molecule has 0 radical (unpaired) electrons.